The zero-order valence-electron chi connectivity index (χ0n) is 9.68. The zero-order valence-corrected chi connectivity index (χ0v) is 12.1. The molecule has 1 aromatic heterocycles. The van der Waals surface area contributed by atoms with Crippen molar-refractivity contribution in [3.05, 3.63) is 29.3 Å². The number of fused-ring (bicyclic) bond motifs is 1. The molecule has 0 aliphatic rings. The highest BCUT2D eigenvalue weighted by molar-refractivity contribution is 9.10. The van der Waals surface area contributed by atoms with Gasteiger partial charge in [-0.15, -0.1) is 11.3 Å². The molecule has 0 bridgehead atoms. The van der Waals surface area contributed by atoms with Gasteiger partial charge in [-0.2, -0.15) is 0 Å². The van der Waals surface area contributed by atoms with E-state index in [0.717, 1.165) is 15.2 Å². The molecule has 1 atom stereocenters. The Kier molecular flexibility index (Phi) is 3.79. The van der Waals surface area contributed by atoms with Crippen LogP contribution in [-0.4, -0.2) is 27.7 Å². The van der Waals surface area contributed by atoms with Crippen LogP contribution in [0.3, 0.4) is 0 Å². The van der Waals surface area contributed by atoms with Crippen LogP contribution in [0.1, 0.15) is 11.9 Å². The maximum absolute atomic E-state index is 11.7. The molecule has 2 aromatic rings. The molecule has 0 saturated carbocycles. The molecule has 3 nitrogen and oxygen atoms in total. The number of alkyl halides is 1. The molecule has 0 aliphatic heterocycles. The largest absolute Gasteiger partial charge is 0.338 e. The van der Waals surface area contributed by atoms with E-state index in [1.54, 1.807) is 23.3 Å². The summed E-state index contributed by atoms with van der Waals surface area (Å²) < 4.78 is 1.16. The van der Waals surface area contributed by atoms with Crippen molar-refractivity contribution in [3.8, 4) is 0 Å². The van der Waals surface area contributed by atoms with E-state index >= 15 is 0 Å². The van der Waals surface area contributed by atoms with E-state index in [0.29, 0.717) is 6.54 Å². The number of benzene rings is 1. The van der Waals surface area contributed by atoms with Gasteiger partial charge in [-0.3, -0.25) is 4.79 Å². The van der Waals surface area contributed by atoms with Crippen LogP contribution in [0.4, 0.5) is 0 Å². The summed E-state index contributed by atoms with van der Waals surface area (Å²) in [6.07, 6.45) is 0. The van der Waals surface area contributed by atoms with Crippen LogP contribution in [0, 0.1) is 0 Å². The molecule has 1 heterocycles. The van der Waals surface area contributed by atoms with Gasteiger partial charge in [-0.25, -0.2) is 4.98 Å². The van der Waals surface area contributed by atoms with E-state index in [1.165, 1.54) is 0 Å². The lowest BCUT2D eigenvalue weighted by atomic mass is 10.3. The van der Waals surface area contributed by atoms with Gasteiger partial charge in [0.05, 0.1) is 21.6 Å². The summed E-state index contributed by atoms with van der Waals surface area (Å²) in [7, 11) is 1.80. The van der Waals surface area contributed by atoms with E-state index in [9.17, 15) is 4.79 Å². The van der Waals surface area contributed by atoms with E-state index in [2.05, 4.69) is 20.9 Å². The van der Waals surface area contributed by atoms with E-state index in [1.807, 2.05) is 31.2 Å². The lowest BCUT2D eigenvalue weighted by Gasteiger charge is -2.16. The Hall–Kier alpha value is -0.940. The summed E-state index contributed by atoms with van der Waals surface area (Å²) in [4.78, 5) is 17.8. The lowest BCUT2D eigenvalue weighted by molar-refractivity contribution is -0.129. The molecule has 0 fully saturated rings. The molecule has 17 heavy (non-hydrogen) atoms. The van der Waals surface area contributed by atoms with Crippen LogP contribution in [0.15, 0.2) is 24.3 Å². The standard InChI is InChI=1S/C12H13BrN2OS/c1-8(13)12(16)15(2)7-11-14-9-5-3-4-6-10(9)17-11/h3-6,8H,7H2,1-2H3. The fourth-order valence-electron chi connectivity index (χ4n) is 1.57. The first kappa shape index (κ1) is 12.5. The number of nitrogens with zero attached hydrogens (tertiary/aromatic N) is 2. The van der Waals surface area contributed by atoms with Gasteiger partial charge in [0, 0.05) is 7.05 Å². The molecule has 2 rings (SSSR count). The van der Waals surface area contributed by atoms with Crippen LogP contribution >= 0.6 is 27.3 Å². The topological polar surface area (TPSA) is 33.2 Å². The number of para-hydroxylation sites is 1. The predicted octanol–water partition coefficient (Wildman–Crippen LogP) is 3.04. The zero-order chi connectivity index (χ0) is 12.4. The Morgan fingerprint density at radius 2 is 2.24 bits per heavy atom. The number of amides is 1. The summed E-state index contributed by atoms with van der Waals surface area (Å²) in [5, 5.41) is 0.968. The second-order valence-corrected chi connectivity index (χ2v) is 6.37. The van der Waals surface area contributed by atoms with Gasteiger partial charge in [0.15, 0.2) is 0 Å². The van der Waals surface area contributed by atoms with Crippen molar-refractivity contribution in [2.75, 3.05) is 7.05 Å². The van der Waals surface area contributed by atoms with Crippen LogP contribution in [-0.2, 0) is 11.3 Å². The fourth-order valence-corrected chi connectivity index (χ4v) is 2.94. The first-order valence-corrected chi connectivity index (χ1v) is 7.04. The Morgan fingerprint density at radius 1 is 1.53 bits per heavy atom. The monoisotopic (exact) mass is 312 g/mol. The second kappa shape index (κ2) is 5.14. The third-order valence-corrected chi connectivity index (χ3v) is 3.84. The van der Waals surface area contributed by atoms with Crippen LogP contribution < -0.4 is 0 Å². The van der Waals surface area contributed by atoms with Gasteiger partial charge >= 0.3 is 0 Å². The highest BCUT2D eigenvalue weighted by Gasteiger charge is 2.15. The van der Waals surface area contributed by atoms with E-state index < -0.39 is 0 Å². The van der Waals surface area contributed by atoms with Gasteiger partial charge in [0.1, 0.15) is 5.01 Å². The van der Waals surface area contributed by atoms with Crippen molar-refractivity contribution < 1.29 is 4.79 Å². The number of aromatic nitrogens is 1. The average Bonchev–Trinajstić information content (AvgIpc) is 2.69. The van der Waals surface area contributed by atoms with Gasteiger partial charge in [-0.1, -0.05) is 28.1 Å². The minimum Gasteiger partial charge on any atom is -0.338 e. The Bertz CT molecular complexity index is 505. The van der Waals surface area contributed by atoms with Crippen LogP contribution in [0.2, 0.25) is 0 Å². The smallest absolute Gasteiger partial charge is 0.236 e. The van der Waals surface area contributed by atoms with Gasteiger partial charge < -0.3 is 4.90 Å². The summed E-state index contributed by atoms with van der Waals surface area (Å²) >= 11 is 4.91. The quantitative estimate of drug-likeness (QED) is 0.816. The predicted molar refractivity (Wildman–Crippen MR) is 74.5 cm³/mol. The second-order valence-electron chi connectivity index (χ2n) is 3.89. The number of carbonyl (C=O) groups is 1. The maximum Gasteiger partial charge on any atom is 0.236 e. The lowest BCUT2D eigenvalue weighted by Crippen LogP contribution is -2.31. The molecule has 0 aliphatic carbocycles. The molecule has 1 unspecified atom stereocenters. The van der Waals surface area contributed by atoms with Crippen LogP contribution in [0.25, 0.3) is 10.2 Å². The van der Waals surface area contributed by atoms with Crippen molar-refractivity contribution in [3.63, 3.8) is 0 Å². The van der Waals surface area contributed by atoms with Crippen molar-refractivity contribution in [1.29, 1.82) is 0 Å². The molecule has 0 radical (unpaired) electrons. The molecule has 5 heteroatoms. The normalized spacial score (nSPS) is 12.6. The molecule has 0 spiro atoms. The summed E-state index contributed by atoms with van der Waals surface area (Å²) in [6.45, 7) is 2.39. The first-order chi connectivity index (χ1) is 8.08. The minimum atomic E-state index is -0.151. The number of hydrogen-bond donors (Lipinski definition) is 0. The van der Waals surface area contributed by atoms with Crippen LogP contribution in [0.5, 0.6) is 0 Å². The van der Waals surface area contributed by atoms with Crippen molar-refractivity contribution in [2.24, 2.45) is 0 Å². The van der Waals surface area contributed by atoms with Gasteiger partial charge in [-0.05, 0) is 19.1 Å². The number of halogens is 1. The van der Waals surface area contributed by atoms with Crippen molar-refractivity contribution in [2.45, 2.75) is 18.3 Å². The number of carbonyl (C=O) groups excluding carboxylic acids is 1. The van der Waals surface area contributed by atoms with E-state index in [-0.39, 0.29) is 10.7 Å². The van der Waals surface area contributed by atoms with Crippen molar-refractivity contribution in [1.82, 2.24) is 9.88 Å². The molecule has 0 N–H and O–H groups in total. The SMILES string of the molecule is CC(Br)C(=O)N(C)Cc1nc2ccccc2s1. The average molecular weight is 313 g/mol. The maximum atomic E-state index is 11.7. The Morgan fingerprint density at radius 3 is 2.88 bits per heavy atom. The van der Waals surface area contributed by atoms with Gasteiger partial charge in [0.25, 0.3) is 0 Å². The van der Waals surface area contributed by atoms with E-state index in [4.69, 9.17) is 0 Å². The summed E-state index contributed by atoms with van der Waals surface area (Å²) in [6, 6.07) is 8.01. The first-order valence-electron chi connectivity index (χ1n) is 5.31. The number of hydrogen-bond acceptors (Lipinski definition) is 3. The third kappa shape index (κ3) is 2.84. The summed E-state index contributed by atoms with van der Waals surface area (Å²) in [5.74, 6) is 0.0734. The molecule has 0 saturated heterocycles. The number of thiazole rings is 1. The minimum absolute atomic E-state index is 0.0734. The Balaban J connectivity index is 2.16. The Labute approximate surface area is 113 Å². The molecule has 90 valence electrons. The van der Waals surface area contributed by atoms with Crippen molar-refractivity contribution >= 4 is 43.4 Å². The highest BCUT2D eigenvalue weighted by atomic mass is 79.9. The summed E-state index contributed by atoms with van der Waals surface area (Å²) in [5.41, 5.74) is 1.00. The molecular weight excluding hydrogens is 300 g/mol. The highest BCUT2D eigenvalue weighted by Crippen LogP contribution is 2.22. The molecular formula is C12H13BrN2OS. The fraction of sp³-hybridized carbons (Fsp3) is 0.333. The number of rotatable bonds is 3. The van der Waals surface area contributed by atoms with Gasteiger partial charge in [0.2, 0.25) is 5.91 Å². The molecule has 1 aromatic carbocycles. The molecule has 1 amide bonds. The third-order valence-electron chi connectivity index (χ3n) is 2.43.